The lowest BCUT2D eigenvalue weighted by Crippen LogP contribution is -2.27. The average molecular weight is 611 g/mol. The lowest BCUT2D eigenvalue weighted by molar-refractivity contribution is -0.154. The molecule has 0 aliphatic rings. The summed E-state index contributed by atoms with van der Waals surface area (Å²) in [6, 6.07) is 0. The van der Waals surface area contributed by atoms with Gasteiger partial charge in [0.05, 0.1) is 13.2 Å². The smallest absolute Gasteiger partial charge is 0.306 e. The Labute approximate surface area is 270 Å². The molecule has 0 bridgehead atoms. The molecule has 43 heavy (non-hydrogen) atoms. The van der Waals surface area contributed by atoms with Gasteiger partial charge in [0.1, 0.15) is 6.10 Å². The van der Waals surface area contributed by atoms with E-state index in [1.165, 1.54) is 180 Å². The highest BCUT2D eigenvalue weighted by Gasteiger charge is 2.13. The molecule has 4 heteroatoms. The van der Waals surface area contributed by atoms with Crippen molar-refractivity contribution in [1.29, 1.82) is 0 Å². The van der Waals surface area contributed by atoms with Crippen LogP contribution in [0, 0.1) is 0 Å². The van der Waals surface area contributed by atoms with E-state index in [1.807, 2.05) is 0 Å². The minimum Gasteiger partial charge on any atom is -0.457 e. The predicted molar refractivity (Wildman–Crippen MR) is 187 cm³/mol. The third-order valence-corrected chi connectivity index (χ3v) is 8.93. The van der Waals surface area contributed by atoms with E-state index in [4.69, 9.17) is 9.47 Å². The van der Waals surface area contributed by atoms with Gasteiger partial charge in [0.25, 0.3) is 0 Å². The molecule has 258 valence electrons. The molecule has 0 aromatic heterocycles. The van der Waals surface area contributed by atoms with Crippen molar-refractivity contribution < 1.29 is 19.4 Å². The largest absolute Gasteiger partial charge is 0.457 e. The number of unbranched alkanes of at least 4 members (excludes halogenated alkanes) is 29. The Morgan fingerprint density at radius 3 is 1.09 bits per heavy atom. The van der Waals surface area contributed by atoms with Crippen LogP contribution < -0.4 is 0 Å². The summed E-state index contributed by atoms with van der Waals surface area (Å²) in [5, 5.41) is 9.50. The van der Waals surface area contributed by atoms with Crippen LogP contribution in [0.1, 0.15) is 219 Å². The monoisotopic (exact) mass is 611 g/mol. The molecule has 0 radical (unpaired) electrons. The number of hydrogen-bond donors (Lipinski definition) is 1. The van der Waals surface area contributed by atoms with Gasteiger partial charge < -0.3 is 14.6 Å². The van der Waals surface area contributed by atoms with Crippen LogP contribution in [0.4, 0.5) is 0 Å². The molecule has 0 rings (SSSR count). The summed E-state index contributed by atoms with van der Waals surface area (Å²) >= 11 is 0. The van der Waals surface area contributed by atoms with Gasteiger partial charge in [-0.05, 0) is 12.8 Å². The zero-order chi connectivity index (χ0) is 31.3. The summed E-state index contributed by atoms with van der Waals surface area (Å²) in [6.07, 6.45) is 41.7. The van der Waals surface area contributed by atoms with E-state index in [-0.39, 0.29) is 12.6 Å². The highest BCUT2D eigenvalue weighted by Crippen LogP contribution is 2.16. The van der Waals surface area contributed by atoms with Gasteiger partial charge in [0.15, 0.2) is 0 Å². The zero-order valence-electron chi connectivity index (χ0n) is 29.5. The number of aliphatic hydroxyl groups excluding tert-OH is 1. The third kappa shape index (κ3) is 35.7. The maximum atomic E-state index is 12.1. The van der Waals surface area contributed by atoms with Crippen LogP contribution in [-0.4, -0.2) is 37.0 Å². The maximum absolute atomic E-state index is 12.1. The Morgan fingerprint density at radius 2 is 0.767 bits per heavy atom. The van der Waals surface area contributed by atoms with Crippen LogP contribution in [0.2, 0.25) is 0 Å². The molecule has 1 unspecified atom stereocenters. The van der Waals surface area contributed by atoms with Gasteiger partial charge in [0, 0.05) is 13.0 Å². The first-order valence-electron chi connectivity index (χ1n) is 19.6. The van der Waals surface area contributed by atoms with Crippen molar-refractivity contribution in [2.45, 2.75) is 225 Å². The molecule has 0 aromatic carbocycles. The van der Waals surface area contributed by atoms with E-state index in [0.29, 0.717) is 19.6 Å². The molecule has 1 N–H and O–H groups in total. The fourth-order valence-electron chi connectivity index (χ4n) is 5.98. The van der Waals surface area contributed by atoms with Gasteiger partial charge in [-0.2, -0.15) is 0 Å². The van der Waals surface area contributed by atoms with Gasteiger partial charge in [-0.3, -0.25) is 4.79 Å². The molecule has 0 aromatic rings. The van der Waals surface area contributed by atoms with Crippen LogP contribution >= 0.6 is 0 Å². The first-order valence-corrected chi connectivity index (χ1v) is 19.6. The second kappa shape index (κ2) is 37.6. The Morgan fingerprint density at radius 1 is 0.465 bits per heavy atom. The van der Waals surface area contributed by atoms with E-state index in [1.54, 1.807) is 0 Å². The summed E-state index contributed by atoms with van der Waals surface area (Å²) in [5.74, 6) is -0.197. The Balaban J connectivity index is 3.29. The maximum Gasteiger partial charge on any atom is 0.306 e. The van der Waals surface area contributed by atoms with Crippen molar-refractivity contribution in [1.82, 2.24) is 0 Å². The molecule has 0 aliphatic carbocycles. The molecule has 0 spiro atoms. The minimum atomic E-state index is -0.522. The number of ether oxygens (including phenoxy) is 2. The molecule has 0 saturated carbocycles. The SMILES string of the molecule is CCCCCCCCCCCCCCCCCCCCCCCCCCC(=O)OC(CO)COCCCCCCCCC. The molecule has 0 saturated heterocycles. The van der Waals surface area contributed by atoms with Crippen molar-refractivity contribution in [3.8, 4) is 0 Å². The van der Waals surface area contributed by atoms with Gasteiger partial charge in [0.2, 0.25) is 0 Å². The molecule has 0 heterocycles. The summed E-state index contributed by atoms with van der Waals surface area (Å²) in [7, 11) is 0. The van der Waals surface area contributed by atoms with Crippen LogP contribution in [0.3, 0.4) is 0 Å². The second-order valence-corrected chi connectivity index (χ2v) is 13.4. The molecule has 4 nitrogen and oxygen atoms in total. The van der Waals surface area contributed by atoms with E-state index >= 15 is 0 Å². The zero-order valence-corrected chi connectivity index (χ0v) is 29.5. The minimum absolute atomic E-state index is 0.164. The van der Waals surface area contributed by atoms with Gasteiger partial charge in [-0.1, -0.05) is 200 Å². The summed E-state index contributed by atoms with van der Waals surface area (Å²) in [4.78, 5) is 12.1. The second-order valence-electron chi connectivity index (χ2n) is 13.4. The van der Waals surface area contributed by atoms with Crippen LogP contribution in [0.15, 0.2) is 0 Å². The molecule has 1 atom stereocenters. The number of carbonyl (C=O) groups excluding carboxylic acids is 1. The molecular formula is C39H78O4. The first kappa shape index (κ1) is 42.4. The van der Waals surface area contributed by atoms with Gasteiger partial charge in [-0.15, -0.1) is 0 Å². The quantitative estimate of drug-likeness (QED) is 0.0561. The van der Waals surface area contributed by atoms with Crippen LogP contribution in [0.25, 0.3) is 0 Å². The highest BCUT2D eigenvalue weighted by molar-refractivity contribution is 5.69. The van der Waals surface area contributed by atoms with Gasteiger partial charge >= 0.3 is 5.97 Å². The lowest BCUT2D eigenvalue weighted by atomic mass is 10.0. The number of esters is 1. The molecule has 0 amide bonds. The predicted octanol–water partition coefficient (Wildman–Crippen LogP) is 12.4. The summed E-state index contributed by atoms with van der Waals surface area (Å²) in [6.45, 7) is 5.35. The van der Waals surface area contributed by atoms with E-state index in [2.05, 4.69) is 13.8 Å². The van der Waals surface area contributed by atoms with Crippen molar-refractivity contribution in [2.24, 2.45) is 0 Å². The molecule has 0 fully saturated rings. The highest BCUT2D eigenvalue weighted by atomic mass is 16.6. The van der Waals surface area contributed by atoms with Crippen molar-refractivity contribution in [2.75, 3.05) is 19.8 Å². The molecular weight excluding hydrogens is 532 g/mol. The normalized spacial score (nSPS) is 12.2. The number of aliphatic hydroxyl groups is 1. The summed E-state index contributed by atoms with van der Waals surface area (Å²) < 4.78 is 11.0. The molecule has 0 aliphatic heterocycles. The average Bonchev–Trinajstić information content (AvgIpc) is 3.01. The van der Waals surface area contributed by atoms with E-state index in [9.17, 15) is 9.90 Å². The summed E-state index contributed by atoms with van der Waals surface area (Å²) in [5.41, 5.74) is 0. The Bertz CT molecular complexity index is 523. The van der Waals surface area contributed by atoms with Crippen LogP contribution in [0.5, 0.6) is 0 Å². The topological polar surface area (TPSA) is 55.8 Å². The standard InChI is InChI=1S/C39H78O4/c1-3-5-7-9-11-12-13-14-15-16-17-18-19-20-21-22-23-24-25-26-27-28-30-32-34-39(41)43-38(36-40)37-42-35-33-31-29-10-8-6-4-2/h38,40H,3-37H2,1-2H3. The van der Waals surface area contributed by atoms with Crippen molar-refractivity contribution >= 4 is 5.97 Å². The first-order chi connectivity index (χ1) is 21.2. The number of carbonyl (C=O) groups is 1. The Kier molecular flexibility index (Phi) is 37.0. The fourth-order valence-corrected chi connectivity index (χ4v) is 5.98. The number of hydrogen-bond acceptors (Lipinski definition) is 4. The third-order valence-electron chi connectivity index (χ3n) is 8.93. The van der Waals surface area contributed by atoms with E-state index < -0.39 is 6.10 Å². The number of rotatable bonds is 37. The van der Waals surface area contributed by atoms with Crippen molar-refractivity contribution in [3.05, 3.63) is 0 Å². The Hall–Kier alpha value is -0.610. The lowest BCUT2D eigenvalue weighted by Gasteiger charge is -2.15. The fraction of sp³-hybridized carbons (Fsp3) is 0.974. The van der Waals surface area contributed by atoms with Crippen molar-refractivity contribution in [3.63, 3.8) is 0 Å². The van der Waals surface area contributed by atoms with E-state index in [0.717, 1.165) is 19.3 Å². The van der Waals surface area contributed by atoms with Crippen LogP contribution in [-0.2, 0) is 14.3 Å². The van der Waals surface area contributed by atoms with Gasteiger partial charge in [-0.25, -0.2) is 0 Å².